The quantitative estimate of drug-likeness (QED) is 0.821. The maximum absolute atomic E-state index is 11.6. The molecule has 1 N–H and O–H groups in total. The van der Waals surface area contributed by atoms with Crippen LogP contribution >= 0.6 is 0 Å². The molecule has 1 aromatic rings. The SMILES string of the molecule is CN1CCC(Oc2cnccc2C(=O)O)C1=O. The summed E-state index contributed by atoms with van der Waals surface area (Å²) in [6.45, 7) is 0.617. The molecule has 0 aromatic carbocycles. The Kier molecular flexibility index (Phi) is 2.95. The monoisotopic (exact) mass is 236 g/mol. The van der Waals surface area contributed by atoms with Gasteiger partial charge in [-0.05, 0) is 6.07 Å². The smallest absolute Gasteiger partial charge is 0.339 e. The summed E-state index contributed by atoms with van der Waals surface area (Å²) >= 11 is 0. The number of carbonyl (C=O) groups excluding carboxylic acids is 1. The number of likely N-dealkylation sites (tertiary alicyclic amines) is 1. The molecule has 17 heavy (non-hydrogen) atoms. The van der Waals surface area contributed by atoms with E-state index in [1.54, 1.807) is 11.9 Å². The molecule has 6 nitrogen and oxygen atoms in total. The Morgan fingerprint density at radius 2 is 2.41 bits per heavy atom. The number of carboxylic acid groups (broad SMARTS) is 1. The minimum atomic E-state index is -1.10. The number of rotatable bonds is 3. The summed E-state index contributed by atoms with van der Waals surface area (Å²) in [6, 6.07) is 1.35. The van der Waals surface area contributed by atoms with Crippen LogP contribution in [0.25, 0.3) is 0 Å². The molecule has 0 bridgehead atoms. The van der Waals surface area contributed by atoms with Gasteiger partial charge in [-0.15, -0.1) is 0 Å². The standard InChI is InChI=1S/C11H12N2O4/c1-13-5-3-8(10(13)14)17-9-6-12-4-2-7(9)11(15)16/h2,4,6,8H,3,5H2,1H3,(H,15,16). The second kappa shape index (κ2) is 4.40. The van der Waals surface area contributed by atoms with Crippen LogP contribution in [0.1, 0.15) is 16.8 Å². The largest absolute Gasteiger partial charge is 0.478 e. The molecule has 1 aliphatic heterocycles. The predicted molar refractivity (Wildman–Crippen MR) is 57.9 cm³/mol. The second-order valence-electron chi connectivity index (χ2n) is 3.83. The summed E-state index contributed by atoms with van der Waals surface area (Å²) in [5, 5.41) is 8.95. The van der Waals surface area contributed by atoms with E-state index in [0.29, 0.717) is 13.0 Å². The molecule has 1 saturated heterocycles. The fourth-order valence-electron chi connectivity index (χ4n) is 1.70. The maximum atomic E-state index is 11.6. The van der Waals surface area contributed by atoms with Crippen LogP contribution in [0.15, 0.2) is 18.5 Å². The Morgan fingerprint density at radius 3 is 3.00 bits per heavy atom. The van der Waals surface area contributed by atoms with Gasteiger partial charge in [-0.3, -0.25) is 9.78 Å². The fourth-order valence-corrected chi connectivity index (χ4v) is 1.70. The van der Waals surface area contributed by atoms with E-state index in [1.165, 1.54) is 18.5 Å². The van der Waals surface area contributed by atoms with Crippen molar-refractivity contribution in [2.24, 2.45) is 0 Å². The summed E-state index contributed by atoms with van der Waals surface area (Å²) in [5.41, 5.74) is 0.0161. The number of aromatic carboxylic acids is 1. The van der Waals surface area contributed by atoms with E-state index < -0.39 is 12.1 Å². The zero-order chi connectivity index (χ0) is 12.4. The lowest BCUT2D eigenvalue weighted by Crippen LogP contribution is -2.29. The van der Waals surface area contributed by atoms with Crippen molar-refractivity contribution in [3.05, 3.63) is 24.0 Å². The molecule has 90 valence electrons. The molecule has 1 amide bonds. The van der Waals surface area contributed by atoms with Gasteiger partial charge < -0.3 is 14.7 Å². The van der Waals surface area contributed by atoms with Crippen LogP contribution in [-0.2, 0) is 4.79 Å². The lowest BCUT2D eigenvalue weighted by atomic mass is 10.2. The van der Waals surface area contributed by atoms with Gasteiger partial charge in [-0.2, -0.15) is 0 Å². The van der Waals surface area contributed by atoms with Gasteiger partial charge in [-0.25, -0.2) is 4.79 Å². The molecular formula is C11H12N2O4. The number of nitrogens with zero attached hydrogens (tertiary/aromatic N) is 2. The van der Waals surface area contributed by atoms with Crippen LogP contribution in [0.2, 0.25) is 0 Å². The zero-order valence-electron chi connectivity index (χ0n) is 9.29. The van der Waals surface area contributed by atoms with Crippen LogP contribution in [0.4, 0.5) is 0 Å². The minimum absolute atomic E-state index is 0.0161. The summed E-state index contributed by atoms with van der Waals surface area (Å²) < 4.78 is 5.42. The van der Waals surface area contributed by atoms with E-state index in [0.717, 1.165) is 0 Å². The number of carboxylic acids is 1. The van der Waals surface area contributed by atoms with Gasteiger partial charge in [0.05, 0.1) is 6.20 Å². The predicted octanol–water partition coefficient (Wildman–Crippen LogP) is 0.389. The highest BCUT2D eigenvalue weighted by atomic mass is 16.5. The van der Waals surface area contributed by atoms with E-state index in [4.69, 9.17) is 9.84 Å². The first-order valence-corrected chi connectivity index (χ1v) is 5.18. The molecule has 1 fully saturated rings. The van der Waals surface area contributed by atoms with Crippen LogP contribution in [0, 0.1) is 0 Å². The summed E-state index contributed by atoms with van der Waals surface area (Å²) in [6.07, 6.45) is 2.64. The van der Waals surface area contributed by atoms with Gasteiger partial charge in [0, 0.05) is 26.2 Å². The number of hydrogen-bond acceptors (Lipinski definition) is 4. The molecule has 0 spiro atoms. The van der Waals surface area contributed by atoms with E-state index in [2.05, 4.69) is 4.98 Å². The van der Waals surface area contributed by atoms with Gasteiger partial charge in [0.2, 0.25) is 0 Å². The number of likely N-dealkylation sites (N-methyl/N-ethyl adjacent to an activating group) is 1. The Morgan fingerprint density at radius 1 is 1.65 bits per heavy atom. The Hall–Kier alpha value is -2.11. The van der Waals surface area contributed by atoms with Crippen molar-refractivity contribution < 1.29 is 19.4 Å². The molecule has 6 heteroatoms. The van der Waals surface area contributed by atoms with Crippen molar-refractivity contribution in [3.8, 4) is 5.75 Å². The summed E-state index contributed by atoms with van der Waals surface area (Å²) in [4.78, 5) is 27.9. The Bertz CT molecular complexity index is 461. The third kappa shape index (κ3) is 2.20. The highest BCUT2D eigenvalue weighted by molar-refractivity contribution is 5.91. The average Bonchev–Trinajstić information content (AvgIpc) is 2.61. The van der Waals surface area contributed by atoms with E-state index in [9.17, 15) is 9.59 Å². The summed E-state index contributed by atoms with van der Waals surface area (Å²) in [7, 11) is 1.69. The minimum Gasteiger partial charge on any atom is -0.478 e. The number of amides is 1. The number of aromatic nitrogens is 1. The van der Waals surface area contributed by atoms with Crippen molar-refractivity contribution >= 4 is 11.9 Å². The van der Waals surface area contributed by atoms with Gasteiger partial charge in [0.1, 0.15) is 5.56 Å². The first kappa shape index (κ1) is 11.4. The molecule has 2 rings (SSSR count). The Balaban J connectivity index is 2.19. The molecule has 1 atom stereocenters. The Labute approximate surface area is 97.8 Å². The first-order valence-electron chi connectivity index (χ1n) is 5.18. The molecule has 0 saturated carbocycles. The van der Waals surface area contributed by atoms with Gasteiger partial charge >= 0.3 is 5.97 Å². The fraction of sp³-hybridized carbons (Fsp3) is 0.364. The average molecular weight is 236 g/mol. The van der Waals surface area contributed by atoms with Crippen molar-refractivity contribution in [3.63, 3.8) is 0 Å². The molecular weight excluding hydrogens is 224 g/mol. The summed E-state index contributed by atoms with van der Waals surface area (Å²) in [5.74, 6) is -1.10. The van der Waals surface area contributed by atoms with Gasteiger partial charge in [-0.1, -0.05) is 0 Å². The molecule has 1 aliphatic rings. The highest BCUT2D eigenvalue weighted by Crippen LogP contribution is 2.21. The topological polar surface area (TPSA) is 79.7 Å². The van der Waals surface area contributed by atoms with Crippen LogP contribution in [0.5, 0.6) is 5.75 Å². The van der Waals surface area contributed by atoms with Crippen molar-refractivity contribution in [1.29, 1.82) is 0 Å². The molecule has 2 heterocycles. The lowest BCUT2D eigenvalue weighted by Gasteiger charge is -2.13. The van der Waals surface area contributed by atoms with Gasteiger partial charge in [0.15, 0.2) is 11.9 Å². The number of carbonyl (C=O) groups is 2. The van der Waals surface area contributed by atoms with E-state index in [1.807, 2.05) is 0 Å². The number of pyridine rings is 1. The van der Waals surface area contributed by atoms with Crippen LogP contribution < -0.4 is 4.74 Å². The molecule has 0 aliphatic carbocycles. The van der Waals surface area contributed by atoms with Crippen LogP contribution in [-0.4, -0.2) is 46.6 Å². The lowest BCUT2D eigenvalue weighted by molar-refractivity contribution is -0.132. The zero-order valence-corrected chi connectivity index (χ0v) is 9.29. The number of ether oxygens (including phenoxy) is 1. The third-order valence-corrected chi connectivity index (χ3v) is 2.66. The van der Waals surface area contributed by atoms with Gasteiger partial charge in [0.25, 0.3) is 5.91 Å². The normalized spacial score (nSPS) is 19.5. The third-order valence-electron chi connectivity index (χ3n) is 2.66. The first-order chi connectivity index (χ1) is 8.09. The van der Waals surface area contributed by atoms with Crippen LogP contribution in [0.3, 0.4) is 0 Å². The molecule has 0 radical (unpaired) electrons. The van der Waals surface area contributed by atoms with Crippen molar-refractivity contribution in [2.45, 2.75) is 12.5 Å². The number of hydrogen-bond donors (Lipinski definition) is 1. The maximum Gasteiger partial charge on any atom is 0.339 e. The van der Waals surface area contributed by atoms with E-state index >= 15 is 0 Å². The molecule has 1 unspecified atom stereocenters. The molecule has 1 aromatic heterocycles. The second-order valence-corrected chi connectivity index (χ2v) is 3.83. The van der Waals surface area contributed by atoms with Crippen molar-refractivity contribution in [1.82, 2.24) is 9.88 Å². The van der Waals surface area contributed by atoms with Crippen molar-refractivity contribution in [2.75, 3.05) is 13.6 Å². The van der Waals surface area contributed by atoms with E-state index in [-0.39, 0.29) is 17.2 Å². The highest BCUT2D eigenvalue weighted by Gasteiger charge is 2.31.